The van der Waals surface area contributed by atoms with Crippen molar-refractivity contribution in [1.29, 1.82) is 5.26 Å². The van der Waals surface area contributed by atoms with Crippen LogP contribution >= 0.6 is 0 Å². The van der Waals surface area contributed by atoms with Crippen LogP contribution in [0, 0.1) is 11.3 Å². The molecule has 0 aliphatic rings. The summed E-state index contributed by atoms with van der Waals surface area (Å²) < 4.78 is 22.2. The number of hydrogen-bond acceptors (Lipinski definition) is 5. The topological polar surface area (TPSA) is 90.2 Å². The summed E-state index contributed by atoms with van der Waals surface area (Å²) in [6.07, 6.45) is 0.462. The van der Waals surface area contributed by atoms with E-state index in [4.69, 9.17) is 5.26 Å². The maximum absolute atomic E-state index is 11.5. The summed E-state index contributed by atoms with van der Waals surface area (Å²) in [7, 11) is -3.15. The summed E-state index contributed by atoms with van der Waals surface area (Å²) in [4.78, 5) is 0. The molecule has 0 aliphatic carbocycles. The van der Waals surface area contributed by atoms with Crippen LogP contribution in [-0.4, -0.2) is 37.6 Å². The Labute approximate surface area is 120 Å². The molecule has 1 rings (SSSR count). The van der Waals surface area contributed by atoms with Crippen LogP contribution in [0.3, 0.4) is 0 Å². The molecule has 1 atom stereocenters. The molecule has 6 heteroatoms. The number of aliphatic hydroxyl groups excluding tert-OH is 1. The van der Waals surface area contributed by atoms with Gasteiger partial charge in [0, 0.05) is 19.3 Å². The third kappa shape index (κ3) is 4.30. The van der Waals surface area contributed by atoms with Crippen molar-refractivity contribution >= 4 is 9.84 Å². The fraction of sp³-hybridized carbons (Fsp3) is 0.500. The molecule has 0 saturated heterocycles. The third-order valence-electron chi connectivity index (χ3n) is 3.32. The van der Waals surface area contributed by atoms with Gasteiger partial charge in [0.2, 0.25) is 0 Å². The van der Waals surface area contributed by atoms with Gasteiger partial charge in [-0.3, -0.25) is 0 Å². The summed E-state index contributed by atoms with van der Waals surface area (Å²) in [6.45, 7) is 3.80. The number of nitrogens with zero attached hydrogens (tertiary/aromatic N) is 1. The van der Waals surface area contributed by atoms with Gasteiger partial charge in [-0.15, -0.1) is 0 Å². The molecule has 1 aromatic rings. The van der Waals surface area contributed by atoms with Crippen molar-refractivity contribution < 1.29 is 13.5 Å². The molecule has 0 heterocycles. The Bertz CT molecular complexity index is 586. The van der Waals surface area contributed by atoms with Crippen LogP contribution in [0.2, 0.25) is 0 Å². The molecule has 0 aromatic heterocycles. The summed E-state index contributed by atoms with van der Waals surface area (Å²) in [5.41, 5.74) is 1.22. The lowest BCUT2D eigenvalue weighted by molar-refractivity contribution is 0.174. The average molecular weight is 296 g/mol. The molecule has 0 fully saturated rings. The first kappa shape index (κ1) is 16.6. The Morgan fingerprint density at radius 1 is 1.35 bits per heavy atom. The molecule has 0 spiro atoms. The van der Waals surface area contributed by atoms with Gasteiger partial charge in [0.15, 0.2) is 9.84 Å². The molecule has 110 valence electrons. The number of nitrogens with one attached hydrogen (secondary N) is 1. The number of aliphatic hydroxyl groups is 1. The van der Waals surface area contributed by atoms with Gasteiger partial charge in [0.25, 0.3) is 0 Å². The number of rotatable bonds is 6. The number of nitriles is 1. The van der Waals surface area contributed by atoms with E-state index in [1.807, 2.05) is 6.07 Å². The van der Waals surface area contributed by atoms with Gasteiger partial charge in [-0.2, -0.15) is 5.26 Å². The normalized spacial score (nSPS) is 13.8. The molecular weight excluding hydrogens is 276 g/mol. The monoisotopic (exact) mass is 296 g/mol. The van der Waals surface area contributed by atoms with Crippen LogP contribution < -0.4 is 5.32 Å². The molecule has 1 unspecified atom stereocenters. The van der Waals surface area contributed by atoms with Crippen LogP contribution in [0.5, 0.6) is 0 Å². The molecule has 0 bridgehead atoms. The predicted octanol–water partition coefficient (Wildman–Crippen LogP) is 1.00. The second-order valence-electron chi connectivity index (χ2n) is 5.41. The molecule has 0 amide bonds. The van der Waals surface area contributed by atoms with Crippen LogP contribution in [0.4, 0.5) is 0 Å². The Kier molecular flexibility index (Phi) is 5.28. The minimum atomic E-state index is -3.15. The first-order valence-electron chi connectivity index (χ1n) is 6.26. The van der Waals surface area contributed by atoms with Crippen molar-refractivity contribution in [2.24, 2.45) is 0 Å². The molecule has 20 heavy (non-hydrogen) atoms. The lowest BCUT2D eigenvalue weighted by Gasteiger charge is -2.23. The van der Waals surface area contributed by atoms with Crippen molar-refractivity contribution in [2.75, 3.05) is 19.3 Å². The Morgan fingerprint density at radius 2 is 1.90 bits per heavy atom. The zero-order chi connectivity index (χ0) is 15.4. The van der Waals surface area contributed by atoms with Crippen molar-refractivity contribution in [3.05, 3.63) is 35.4 Å². The Balaban J connectivity index is 2.56. The highest BCUT2D eigenvalue weighted by Crippen LogP contribution is 2.15. The SMILES string of the molecule is CC(C)(CNCC(O)c1ccc(C#N)cc1)S(C)(=O)=O. The maximum atomic E-state index is 11.5. The molecule has 2 N–H and O–H groups in total. The second kappa shape index (κ2) is 6.35. The lowest BCUT2D eigenvalue weighted by atomic mass is 10.1. The van der Waals surface area contributed by atoms with Crippen LogP contribution in [-0.2, 0) is 9.84 Å². The molecule has 0 aliphatic heterocycles. The third-order valence-corrected chi connectivity index (χ3v) is 5.47. The van der Waals surface area contributed by atoms with Crippen LogP contribution in [0.15, 0.2) is 24.3 Å². The number of benzene rings is 1. The van der Waals surface area contributed by atoms with Gasteiger partial charge in [-0.1, -0.05) is 12.1 Å². The van der Waals surface area contributed by atoms with E-state index in [-0.39, 0.29) is 13.1 Å². The summed E-state index contributed by atoms with van der Waals surface area (Å²) >= 11 is 0. The fourth-order valence-electron chi connectivity index (χ4n) is 1.54. The van der Waals surface area contributed by atoms with Crippen molar-refractivity contribution in [3.63, 3.8) is 0 Å². The van der Waals surface area contributed by atoms with Crippen LogP contribution in [0.1, 0.15) is 31.1 Å². The van der Waals surface area contributed by atoms with E-state index in [1.54, 1.807) is 38.1 Å². The van der Waals surface area contributed by atoms with E-state index in [0.29, 0.717) is 11.1 Å². The molecular formula is C14H20N2O3S. The first-order valence-corrected chi connectivity index (χ1v) is 8.15. The van der Waals surface area contributed by atoms with Gasteiger partial charge in [0.1, 0.15) is 0 Å². The molecule has 0 saturated carbocycles. The largest absolute Gasteiger partial charge is 0.387 e. The Morgan fingerprint density at radius 3 is 2.35 bits per heavy atom. The van der Waals surface area contributed by atoms with Gasteiger partial charge >= 0.3 is 0 Å². The van der Waals surface area contributed by atoms with Gasteiger partial charge < -0.3 is 10.4 Å². The number of hydrogen-bond donors (Lipinski definition) is 2. The fourth-order valence-corrected chi connectivity index (χ4v) is 1.90. The highest BCUT2D eigenvalue weighted by molar-refractivity contribution is 7.92. The van der Waals surface area contributed by atoms with Gasteiger partial charge in [-0.25, -0.2) is 8.42 Å². The zero-order valence-electron chi connectivity index (χ0n) is 11.9. The van der Waals surface area contributed by atoms with E-state index in [2.05, 4.69) is 5.32 Å². The van der Waals surface area contributed by atoms with Gasteiger partial charge in [0.05, 0.1) is 22.5 Å². The summed E-state index contributed by atoms with van der Waals surface area (Å²) in [6, 6.07) is 8.66. The highest BCUT2D eigenvalue weighted by atomic mass is 32.2. The van der Waals surface area contributed by atoms with E-state index >= 15 is 0 Å². The average Bonchev–Trinajstić information content (AvgIpc) is 2.37. The van der Waals surface area contributed by atoms with Gasteiger partial charge in [-0.05, 0) is 31.5 Å². The summed E-state index contributed by atoms with van der Waals surface area (Å²) in [5, 5.41) is 21.6. The predicted molar refractivity (Wildman–Crippen MR) is 77.9 cm³/mol. The quantitative estimate of drug-likeness (QED) is 0.817. The second-order valence-corrected chi connectivity index (χ2v) is 8.06. The molecule has 5 nitrogen and oxygen atoms in total. The van der Waals surface area contributed by atoms with Crippen molar-refractivity contribution in [1.82, 2.24) is 5.32 Å². The summed E-state index contributed by atoms with van der Waals surface area (Å²) in [5.74, 6) is 0. The van der Waals surface area contributed by atoms with E-state index in [0.717, 1.165) is 0 Å². The van der Waals surface area contributed by atoms with Crippen LogP contribution in [0.25, 0.3) is 0 Å². The maximum Gasteiger partial charge on any atom is 0.153 e. The standard InChI is InChI=1S/C14H20N2O3S/c1-14(2,20(3,18)19)10-16-9-13(17)12-6-4-11(8-15)5-7-12/h4-7,13,16-17H,9-10H2,1-3H3. The number of sulfone groups is 1. The Hall–Kier alpha value is -1.42. The molecule has 1 aromatic carbocycles. The molecule has 0 radical (unpaired) electrons. The van der Waals surface area contributed by atoms with Crippen molar-refractivity contribution in [2.45, 2.75) is 24.7 Å². The van der Waals surface area contributed by atoms with E-state index < -0.39 is 20.7 Å². The zero-order valence-corrected chi connectivity index (χ0v) is 12.7. The van der Waals surface area contributed by atoms with Crippen molar-refractivity contribution in [3.8, 4) is 6.07 Å². The van der Waals surface area contributed by atoms with E-state index in [9.17, 15) is 13.5 Å². The lowest BCUT2D eigenvalue weighted by Crippen LogP contribution is -2.42. The smallest absolute Gasteiger partial charge is 0.153 e. The highest BCUT2D eigenvalue weighted by Gasteiger charge is 2.29. The first-order chi connectivity index (χ1) is 9.17. The van der Waals surface area contributed by atoms with E-state index in [1.165, 1.54) is 6.26 Å². The minimum absolute atomic E-state index is 0.255. The minimum Gasteiger partial charge on any atom is -0.387 e.